The average molecular weight is 177 g/mol. The van der Waals surface area contributed by atoms with Crippen molar-refractivity contribution in [2.75, 3.05) is 0 Å². The van der Waals surface area contributed by atoms with E-state index in [-0.39, 0.29) is 0 Å². The average Bonchev–Trinajstić information content (AvgIpc) is 1.88. The van der Waals surface area contributed by atoms with E-state index in [2.05, 4.69) is 46.4 Å². The highest BCUT2D eigenvalue weighted by Crippen LogP contribution is 2.08. The predicted molar refractivity (Wildman–Crippen MR) is 52.5 cm³/mol. The van der Waals surface area contributed by atoms with Crippen molar-refractivity contribution in [1.82, 2.24) is 4.90 Å². The zero-order valence-corrected chi connectivity index (χ0v) is 9.07. The lowest BCUT2D eigenvalue weighted by Crippen LogP contribution is -2.42. The van der Waals surface area contributed by atoms with Gasteiger partial charge >= 0.3 is 0 Å². The van der Waals surface area contributed by atoms with Gasteiger partial charge in [0.1, 0.15) is 0 Å². The van der Waals surface area contributed by atoms with Gasteiger partial charge in [0.05, 0.1) is 0 Å². The molecule has 0 aromatic heterocycles. The Bertz CT molecular complexity index is 73.5. The highest BCUT2D eigenvalue weighted by Gasteiger charge is 2.15. The normalized spacial score (nSPS) is 11.0. The van der Waals surface area contributed by atoms with Gasteiger partial charge in [-0.1, -0.05) is 0 Å². The Kier molecular flexibility index (Phi) is 9.03. The van der Waals surface area contributed by atoms with Crippen LogP contribution in [0.2, 0.25) is 0 Å². The molecule has 0 aliphatic rings. The summed E-state index contributed by atoms with van der Waals surface area (Å²) in [5.74, 6) is 0. The molecule has 0 spiro atoms. The van der Waals surface area contributed by atoms with Crippen LogP contribution in [0.4, 0.5) is 0 Å². The molecule has 0 fully saturated rings. The molecule has 3 heteroatoms. The Morgan fingerprint density at radius 3 is 0.833 bits per heavy atom. The molecule has 0 aliphatic heterocycles. The van der Waals surface area contributed by atoms with Crippen LogP contribution in [-0.2, 0) is 0 Å². The van der Waals surface area contributed by atoms with Crippen molar-refractivity contribution in [2.24, 2.45) is 0 Å². The predicted octanol–water partition coefficient (Wildman–Crippen LogP) is 2.53. The summed E-state index contributed by atoms with van der Waals surface area (Å²) in [6, 6.07) is 2.00. The standard InChI is InChI=1S/C9H21N.H2O2/c1-7(2)10(8(3)4)9(5)6;1-2/h7-9H,1-6H3;1-2H. The molecule has 0 aliphatic carbocycles. The van der Waals surface area contributed by atoms with Gasteiger partial charge in [-0.15, -0.1) is 0 Å². The first-order valence-electron chi connectivity index (χ1n) is 4.44. The molecule has 0 amide bonds. The summed E-state index contributed by atoms with van der Waals surface area (Å²) in [6.45, 7) is 13.5. The van der Waals surface area contributed by atoms with E-state index in [0.29, 0.717) is 18.1 Å². The fraction of sp³-hybridized carbons (Fsp3) is 1.00. The summed E-state index contributed by atoms with van der Waals surface area (Å²) in [5.41, 5.74) is 0. The Morgan fingerprint density at radius 1 is 0.667 bits per heavy atom. The third kappa shape index (κ3) is 5.52. The van der Waals surface area contributed by atoms with Gasteiger partial charge in [-0.2, -0.15) is 0 Å². The maximum atomic E-state index is 6.00. The van der Waals surface area contributed by atoms with Crippen LogP contribution in [0, 0.1) is 0 Å². The summed E-state index contributed by atoms with van der Waals surface area (Å²) in [5, 5.41) is 12.0. The van der Waals surface area contributed by atoms with E-state index in [9.17, 15) is 0 Å². The fourth-order valence-corrected chi connectivity index (χ4v) is 1.79. The summed E-state index contributed by atoms with van der Waals surface area (Å²) in [4.78, 5) is 2.50. The van der Waals surface area contributed by atoms with Gasteiger partial charge in [-0.3, -0.25) is 15.4 Å². The first-order valence-corrected chi connectivity index (χ1v) is 4.44. The fourth-order valence-electron chi connectivity index (χ4n) is 1.79. The molecular formula is C9H23NO2. The first kappa shape index (κ1) is 14.4. The summed E-state index contributed by atoms with van der Waals surface area (Å²) in [7, 11) is 0. The molecule has 12 heavy (non-hydrogen) atoms. The second kappa shape index (κ2) is 7.53. The Morgan fingerprint density at radius 2 is 0.833 bits per heavy atom. The largest absolute Gasteiger partial charge is 0.296 e. The molecule has 76 valence electrons. The van der Waals surface area contributed by atoms with Crippen LogP contribution in [-0.4, -0.2) is 33.5 Å². The van der Waals surface area contributed by atoms with E-state index < -0.39 is 0 Å². The van der Waals surface area contributed by atoms with Gasteiger partial charge in [0.15, 0.2) is 0 Å². The maximum Gasteiger partial charge on any atom is 0.00439 e. The minimum Gasteiger partial charge on any atom is -0.296 e. The highest BCUT2D eigenvalue weighted by atomic mass is 17.0. The van der Waals surface area contributed by atoms with Gasteiger partial charge in [0.2, 0.25) is 0 Å². The molecular weight excluding hydrogens is 154 g/mol. The minimum absolute atomic E-state index is 0.667. The third-order valence-electron chi connectivity index (χ3n) is 1.79. The second-order valence-corrected chi connectivity index (χ2v) is 3.73. The first-order chi connectivity index (χ1) is 5.46. The monoisotopic (exact) mass is 177 g/mol. The Hall–Kier alpha value is -0.120. The lowest BCUT2D eigenvalue weighted by molar-refractivity contribution is -0.176. The van der Waals surface area contributed by atoms with Crippen LogP contribution in [0.25, 0.3) is 0 Å². The second-order valence-electron chi connectivity index (χ2n) is 3.73. The van der Waals surface area contributed by atoms with Crippen molar-refractivity contribution in [1.29, 1.82) is 0 Å². The maximum absolute atomic E-state index is 6.00. The molecule has 3 nitrogen and oxygen atoms in total. The number of hydrogen-bond acceptors (Lipinski definition) is 3. The van der Waals surface area contributed by atoms with Gasteiger partial charge in [-0.05, 0) is 41.5 Å². The Balaban J connectivity index is 0. The van der Waals surface area contributed by atoms with Gasteiger partial charge < -0.3 is 0 Å². The van der Waals surface area contributed by atoms with Gasteiger partial charge in [-0.25, -0.2) is 0 Å². The number of hydrogen-bond donors (Lipinski definition) is 2. The molecule has 0 atom stereocenters. The molecule has 0 bridgehead atoms. The summed E-state index contributed by atoms with van der Waals surface area (Å²) >= 11 is 0. The topological polar surface area (TPSA) is 43.7 Å². The van der Waals surface area contributed by atoms with E-state index in [1.807, 2.05) is 0 Å². The SMILES string of the molecule is CC(C)N(C(C)C)C(C)C.OO. The van der Waals surface area contributed by atoms with E-state index in [0.717, 1.165) is 0 Å². The lowest BCUT2D eigenvalue weighted by atomic mass is 10.2. The lowest BCUT2D eigenvalue weighted by Gasteiger charge is -2.34. The molecule has 0 aromatic carbocycles. The molecule has 2 N–H and O–H groups in total. The molecule has 0 rings (SSSR count). The van der Waals surface area contributed by atoms with E-state index >= 15 is 0 Å². The molecule has 0 heterocycles. The molecule has 0 saturated heterocycles. The van der Waals surface area contributed by atoms with Gasteiger partial charge in [0, 0.05) is 18.1 Å². The van der Waals surface area contributed by atoms with E-state index in [1.165, 1.54) is 0 Å². The van der Waals surface area contributed by atoms with Crippen LogP contribution in [0.15, 0.2) is 0 Å². The van der Waals surface area contributed by atoms with Crippen molar-refractivity contribution in [3.05, 3.63) is 0 Å². The summed E-state index contributed by atoms with van der Waals surface area (Å²) < 4.78 is 0. The summed E-state index contributed by atoms with van der Waals surface area (Å²) in [6.07, 6.45) is 0. The zero-order valence-electron chi connectivity index (χ0n) is 9.07. The van der Waals surface area contributed by atoms with Crippen LogP contribution in [0.3, 0.4) is 0 Å². The van der Waals surface area contributed by atoms with Gasteiger partial charge in [0.25, 0.3) is 0 Å². The van der Waals surface area contributed by atoms with Crippen LogP contribution < -0.4 is 0 Å². The van der Waals surface area contributed by atoms with E-state index in [1.54, 1.807) is 0 Å². The van der Waals surface area contributed by atoms with Crippen molar-refractivity contribution in [3.63, 3.8) is 0 Å². The van der Waals surface area contributed by atoms with Crippen molar-refractivity contribution >= 4 is 0 Å². The van der Waals surface area contributed by atoms with Crippen LogP contribution in [0.1, 0.15) is 41.5 Å². The molecule has 0 radical (unpaired) electrons. The van der Waals surface area contributed by atoms with Crippen molar-refractivity contribution < 1.29 is 10.5 Å². The number of rotatable bonds is 3. The van der Waals surface area contributed by atoms with Crippen molar-refractivity contribution in [3.8, 4) is 0 Å². The Labute approximate surface area is 75.9 Å². The van der Waals surface area contributed by atoms with E-state index in [4.69, 9.17) is 10.5 Å². The quantitative estimate of drug-likeness (QED) is 0.514. The highest BCUT2D eigenvalue weighted by molar-refractivity contribution is 4.70. The smallest absolute Gasteiger partial charge is 0.00439 e. The minimum atomic E-state index is 0.667. The van der Waals surface area contributed by atoms with Crippen LogP contribution in [0.5, 0.6) is 0 Å². The third-order valence-corrected chi connectivity index (χ3v) is 1.79. The molecule has 0 saturated carbocycles. The zero-order chi connectivity index (χ0) is 10.3. The number of nitrogens with zero attached hydrogens (tertiary/aromatic N) is 1. The molecule has 0 aromatic rings. The van der Waals surface area contributed by atoms with Crippen LogP contribution >= 0.6 is 0 Å². The molecule has 0 unspecified atom stereocenters. The van der Waals surface area contributed by atoms with Crippen molar-refractivity contribution in [2.45, 2.75) is 59.7 Å².